The van der Waals surface area contributed by atoms with E-state index in [-0.39, 0.29) is 30.3 Å². The predicted octanol–water partition coefficient (Wildman–Crippen LogP) is 3.72. The molecule has 7 heteroatoms. The van der Waals surface area contributed by atoms with E-state index in [0.29, 0.717) is 5.56 Å². The van der Waals surface area contributed by atoms with E-state index in [4.69, 9.17) is 0 Å². The molecule has 0 fully saturated rings. The first-order chi connectivity index (χ1) is 11.9. The van der Waals surface area contributed by atoms with Crippen molar-refractivity contribution in [1.29, 1.82) is 0 Å². The highest BCUT2D eigenvalue weighted by atomic mass is 79.9. The number of rotatable bonds is 6. The van der Waals surface area contributed by atoms with Crippen LogP contribution in [0.25, 0.3) is 0 Å². The van der Waals surface area contributed by atoms with Crippen LogP contribution in [0.4, 0.5) is 8.78 Å². The van der Waals surface area contributed by atoms with Gasteiger partial charge in [0.2, 0.25) is 5.91 Å². The van der Waals surface area contributed by atoms with Gasteiger partial charge in [0.25, 0.3) is 5.91 Å². The van der Waals surface area contributed by atoms with Crippen LogP contribution in [0.5, 0.6) is 0 Å². The highest BCUT2D eigenvalue weighted by Crippen LogP contribution is 2.17. The number of hydrogen-bond acceptors (Lipinski definition) is 2. The van der Waals surface area contributed by atoms with Gasteiger partial charge in [-0.15, -0.1) is 0 Å². The molecule has 1 atom stereocenters. The number of halogens is 3. The van der Waals surface area contributed by atoms with E-state index >= 15 is 0 Å². The van der Waals surface area contributed by atoms with Crippen LogP contribution in [0.2, 0.25) is 0 Å². The first-order valence-corrected chi connectivity index (χ1v) is 8.44. The summed E-state index contributed by atoms with van der Waals surface area (Å²) in [5, 5.41) is 5.26. The molecular formula is C18H17BrF2N2O2. The molecule has 0 saturated heterocycles. The summed E-state index contributed by atoms with van der Waals surface area (Å²) in [5.41, 5.74) is 0.694. The fourth-order valence-corrected chi connectivity index (χ4v) is 2.50. The average molecular weight is 411 g/mol. The molecule has 2 N–H and O–H groups in total. The summed E-state index contributed by atoms with van der Waals surface area (Å²) in [4.78, 5) is 23.8. The van der Waals surface area contributed by atoms with Crippen LogP contribution in [0, 0.1) is 11.6 Å². The molecule has 2 aromatic rings. The van der Waals surface area contributed by atoms with Gasteiger partial charge in [-0.05, 0) is 37.3 Å². The summed E-state index contributed by atoms with van der Waals surface area (Å²) in [7, 11) is 0. The molecule has 2 rings (SSSR count). The van der Waals surface area contributed by atoms with Gasteiger partial charge in [-0.2, -0.15) is 0 Å². The third-order valence-corrected chi connectivity index (χ3v) is 4.08. The molecule has 2 amide bonds. The van der Waals surface area contributed by atoms with Gasteiger partial charge in [0.1, 0.15) is 11.6 Å². The highest BCUT2D eigenvalue weighted by molar-refractivity contribution is 9.10. The van der Waals surface area contributed by atoms with E-state index in [1.165, 1.54) is 6.07 Å². The van der Waals surface area contributed by atoms with Crippen molar-refractivity contribution in [2.45, 2.75) is 19.4 Å². The van der Waals surface area contributed by atoms with Gasteiger partial charge >= 0.3 is 0 Å². The number of nitrogens with one attached hydrogen (secondary N) is 2. The lowest BCUT2D eigenvalue weighted by molar-refractivity contribution is -0.121. The van der Waals surface area contributed by atoms with Gasteiger partial charge in [-0.25, -0.2) is 8.78 Å². The van der Waals surface area contributed by atoms with Crippen molar-refractivity contribution in [3.8, 4) is 0 Å². The van der Waals surface area contributed by atoms with Crippen molar-refractivity contribution in [3.63, 3.8) is 0 Å². The average Bonchev–Trinajstić information content (AvgIpc) is 2.55. The van der Waals surface area contributed by atoms with Crippen LogP contribution in [0.3, 0.4) is 0 Å². The third-order valence-electron chi connectivity index (χ3n) is 3.55. The van der Waals surface area contributed by atoms with E-state index in [1.54, 1.807) is 31.2 Å². The topological polar surface area (TPSA) is 58.2 Å². The summed E-state index contributed by atoms with van der Waals surface area (Å²) < 4.78 is 27.4. The monoisotopic (exact) mass is 410 g/mol. The SMILES string of the molecule is CC(NC(=O)CCNC(=O)c1ccc(Br)cc1)c1ccc(F)cc1F. The summed E-state index contributed by atoms with van der Waals surface area (Å²) >= 11 is 3.29. The van der Waals surface area contributed by atoms with Crippen molar-refractivity contribution in [2.24, 2.45) is 0 Å². The Morgan fingerprint density at radius 3 is 2.44 bits per heavy atom. The van der Waals surface area contributed by atoms with Crippen LogP contribution < -0.4 is 10.6 Å². The van der Waals surface area contributed by atoms with Crippen molar-refractivity contribution in [2.75, 3.05) is 6.54 Å². The van der Waals surface area contributed by atoms with Crippen LogP contribution in [-0.2, 0) is 4.79 Å². The van der Waals surface area contributed by atoms with E-state index < -0.39 is 17.7 Å². The van der Waals surface area contributed by atoms with Crippen molar-refractivity contribution < 1.29 is 18.4 Å². The Hall–Kier alpha value is -2.28. The van der Waals surface area contributed by atoms with Crippen molar-refractivity contribution in [3.05, 3.63) is 69.7 Å². The fourth-order valence-electron chi connectivity index (χ4n) is 2.24. The molecule has 0 radical (unpaired) electrons. The Morgan fingerprint density at radius 1 is 1.12 bits per heavy atom. The first kappa shape index (κ1) is 19.1. The van der Waals surface area contributed by atoms with Gasteiger partial charge in [-0.3, -0.25) is 9.59 Å². The van der Waals surface area contributed by atoms with Crippen LogP contribution in [-0.4, -0.2) is 18.4 Å². The van der Waals surface area contributed by atoms with E-state index in [9.17, 15) is 18.4 Å². The van der Waals surface area contributed by atoms with Crippen LogP contribution >= 0.6 is 15.9 Å². The maximum atomic E-state index is 13.7. The molecule has 0 heterocycles. The third kappa shape index (κ3) is 5.63. The Labute approximate surface area is 152 Å². The van der Waals surface area contributed by atoms with Gasteiger partial charge in [0.05, 0.1) is 6.04 Å². The van der Waals surface area contributed by atoms with E-state index in [0.717, 1.165) is 16.6 Å². The zero-order chi connectivity index (χ0) is 18.4. The second-order valence-electron chi connectivity index (χ2n) is 5.47. The van der Waals surface area contributed by atoms with Crippen LogP contribution in [0.1, 0.15) is 35.3 Å². The normalized spacial score (nSPS) is 11.7. The highest BCUT2D eigenvalue weighted by Gasteiger charge is 2.14. The number of carbonyl (C=O) groups is 2. The lowest BCUT2D eigenvalue weighted by Crippen LogP contribution is -2.32. The van der Waals surface area contributed by atoms with Gasteiger partial charge in [-0.1, -0.05) is 22.0 Å². The maximum absolute atomic E-state index is 13.7. The number of benzene rings is 2. The molecule has 0 aliphatic rings. The molecule has 25 heavy (non-hydrogen) atoms. The molecule has 2 aromatic carbocycles. The minimum atomic E-state index is -0.712. The lowest BCUT2D eigenvalue weighted by atomic mass is 10.1. The molecule has 0 bridgehead atoms. The molecule has 0 aliphatic heterocycles. The second kappa shape index (κ2) is 8.71. The number of amides is 2. The van der Waals surface area contributed by atoms with Gasteiger partial charge < -0.3 is 10.6 Å². The van der Waals surface area contributed by atoms with E-state index in [2.05, 4.69) is 26.6 Å². The number of hydrogen-bond donors (Lipinski definition) is 2. The van der Waals surface area contributed by atoms with Crippen molar-refractivity contribution >= 4 is 27.7 Å². The minimum Gasteiger partial charge on any atom is -0.352 e. The summed E-state index contributed by atoms with van der Waals surface area (Å²) in [6.45, 7) is 1.76. The van der Waals surface area contributed by atoms with Crippen LogP contribution in [0.15, 0.2) is 46.9 Å². The predicted molar refractivity (Wildman–Crippen MR) is 94.0 cm³/mol. The summed E-state index contributed by atoms with van der Waals surface area (Å²) in [6, 6.07) is 9.44. The molecule has 132 valence electrons. The zero-order valence-corrected chi connectivity index (χ0v) is 15.1. The Balaban J connectivity index is 1.80. The lowest BCUT2D eigenvalue weighted by Gasteiger charge is -2.15. The largest absolute Gasteiger partial charge is 0.352 e. The Bertz CT molecular complexity index is 766. The fraction of sp³-hybridized carbons (Fsp3) is 0.222. The summed E-state index contributed by atoms with van der Waals surface area (Å²) in [5.74, 6) is -2.00. The zero-order valence-electron chi connectivity index (χ0n) is 13.5. The number of carbonyl (C=O) groups excluding carboxylic acids is 2. The standard InChI is InChI=1S/C18H17BrF2N2O2/c1-11(15-7-6-14(20)10-16(15)21)23-17(24)8-9-22-18(25)12-2-4-13(19)5-3-12/h2-7,10-11H,8-9H2,1H3,(H,22,25)(H,23,24). The molecule has 0 spiro atoms. The second-order valence-corrected chi connectivity index (χ2v) is 6.38. The van der Waals surface area contributed by atoms with Crippen molar-refractivity contribution in [1.82, 2.24) is 10.6 Å². The summed E-state index contributed by atoms with van der Waals surface area (Å²) in [6.07, 6.45) is 0.0510. The Morgan fingerprint density at radius 2 is 1.80 bits per heavy atom. The first-order valence-electron chi connectivity index (χ1n) is 7.65. The van der Waals surface area contributed by atoms with Gasteiger partial charge in [0, 0.05) is 34.6 Å². The molecule has 4 nitrogen and oxygen atoms in total. The molecule has 0 saturated carbocycles. The minimum absolute atomic E-state index is 0.0510. The smallest absolute Gasteiger partial charge is 0.251 e. The molecule has 0 aliphatic carbocycles. The Kier molecular flexibility index (Phi) is 6.64. The molecule has 1 unspecified atom stereocenters. The quantitative estimate of drug-likeness (QED) is 0.762. The van der Waals surface area contributed by atoms with E-state index in [1.807, 2.05) is 0 Å². The maximum Gasteiger partial charge on any atom is 0.251 e. The molecular weight excluding hydrogens is 394 g/mol. The molecule has 0 aromatic heterocycles. The van der Waals surface area contributed by atoms with Gasteiger partial charge in [0.15, 0.2) is 0 Å².